The SMILES string of the molecule is CC(NCc1cc(Br)ccc1F)C(=O)NC1CCCC1. The van der Waals surface area contributed by atoms with E-state index in [1.54, 1.807) is 19.1 Å². The zero-order valence-corrected chi connectivity index (χ0v) is 13.2. The Bertz CT molecular complexity index is 475. The van der Waals surface area contributed by atoms with Gasteiger partial charge in [-0.15, -0.1) is 0 Å². The third kappa shape index (κ3) is 4.28. The molecule has 2 rings (SSSR count). The van der Waals surface area contributed by atoms with Crippen LogP contribution in [0.1, 0.15) is 38.2 Å². The Morgan fingerprint density at radius 3 is 2.85 bits per heavy atom. The highest BCUT2D eigenvalue weighted by Gasteiger charge is 2.20. The number of hydrogen-bond donors (Lipinski definition) is 2. The summed E-state index contributed by atoms with van der Waals surface area (Å²) in [7, 11) is 0. The standard InChI is InChI=1S/C15H20BrFN2O/c1-10(15(20)19-13-4-2-3-5-13)18-9-11-8-12(16)6-7-14(11)17/h6-8,10,13,18H,2-5,9H2,1H3,(H,19,20). The van der Waals surface area contributed by atoms with E-state index in [0.717, 1.165) is 17.3 Å². The monoisotopic (exact) mass is 342 g/mol. The molecule has 1 aromatic carbocycles. The first kappa shape index (κ1) is 15.4. The van der Waals surface area contributed by atoms with Crippen molar-refractivity contribution in [2.24, 2.45) is 0 Å². The molecule has 0 aromatic heterocycles. The van der Waals surface area contributed by atoms with Crippen molar-refractivity contribution in [1.82, 2.24) is 10.6 Å². The van der Waals surface area contributed by atoms with Gasteiger partial charge in [-0.3, -0.25) is 4.79 Å². The van der Waals surface area contributed by atoms with E-state index in [2.05, 4.69) is 26.6 Å². The molecule has 1 aliphatic rings. The lowest BCUT2D eigenvalue weighted by atomic mass is 10.2. The average molecular weight is 343 g/mol. The molecule has 0 spiro atoms. The van der Waals surface area contributed by atoms with Crippen LogP contribution in [-0.2, 0) is 11.3 Å². The van der Waals surface area contributed by atoms with Crippen molar-refractivity contribution in [3.05, 3.63) is 34.1 Å². The molecule has 1 unspecified atom stereocenters. The first-order valence-electron chi connectivity index (χ1n) is 7.04. The highest BCUT2D eigenvalue weighted by atomic mass is 79.9. The number of carbonyl (C=O) groups excluding carboxylic acids is 1. The van der Waals surface area contributed by atoms with Gasteiger partial charge in [0.25, 0.3) is 0 Å². The van der Waals surface area contributed by atoms with Crippen LogP contribution in [0.3, 0.4) is 0 Å². The normalized spacial score (nSPS) is 17.1. The third-order valence-corrected chi connectivity index (χ3v) is 4.19. The number of halogens is 2. The van der Waals surface area contributed by atoms with E-state index in [1.807, 2.05) is 0 Å². The van der Waals surface area contributed by atoms with Crippen LogP contribution < -0.4 is 10.6 Å². The maximum absolute atomic E-state index is 13.6. The summed E-state index contributed by atoms with van der Waals surface area (Å²) in [6.45, 7) is 2.14. The van der Waals surface area contributed by atoms with Gasteiger partial charge in [-0.25, -0.2) is 4.39 Å². The van der Waals surface area contributed by atoms with Crippen LogP contribution in [0.2, 0.25) is 0 Å². The number of hydrogen-bond acceptors (Lipinski definition) is 2. The van der Waals surface area contributed by atoms with Gasteiger partial charge in [0, 0.05) is 22.6 Å². The van der Waals surface area contributed by atoms with Crippen molar-refractivity contribution < 1.29 is 9.18 Å². The highest BCUT2D eigenvalue weighted by molar-refractivity contribution is 9.10. The average Bonchev–Trinajstić information content (AvgIpc) is 2.92. The summed E-state index contributed by atoms with van der Waals surface area (Å²) in [5.74, 6) is -0.267. The van der Waals surface area contributed by atoms with Gasteiger partial charge in [-0.05, 0) is 38.0 Å². The lowest BCUT2D eigenvalue weighted by Gasteiger charge is -2.18. The highest BCUT2D eigenvalue weighted by Crippen LogP contribution is 2.18. The molecule has 5 heteroatoms. The van der Waals surface area contributed by atoms with Gasteiger partial charge in [0.1, 0.15) is 5.82 Å². The fourth-order valence-corrected chi connectivity index (χ4v) is 2.84. The van der Waals surface area contributed by atoms with Gasteiger partial charge < -0.3 is 10.6 Å². The summed E-state index contributed by atoms with van der Waals surface area (Å²) in [6.07, 6.45) is 4.52. The molecule has 0 saturated heterocycles. The second-order valence-corrected chi connectivity index (χ2v) is 6.24. The maximum atomic E-state index is 13.6. The smallest absolute Gasteiger partial charge is 0.237 e. The van der Waals surface area contributed by atoms with Gasteiger partial charge in [0.2, 0.25) is 5.91 Å². The summed E-state index contributed by atoms with van der Waals surface area (Å²) in [6, 6.07) is 4.80. The van der Waals surface area contributed by atoms with E-state index in [1.165, 1.54) is 18.9 Å². The van der Waals surface area contributed by atoms with Gasteiger partial charge in [0.15, 0.2) is 0 Å². The van der Waals surface area contributed by atoms with Crippen LogP contribution in [0, 0.1) is 5.82 Å². The van der Waals surface area contributed by atoms with Crippen LogP contribution in [0.15, 0.2) is 22.7 Å². The van der Waals surface area contributed by atoms with Crippen LogP contribution in [0.4, 0.5) is 4.39 Å². The summed E-state index contributed by atoms with van der Waals surface area (Å²) < 4.78 is 14.4. The van der Waals surface area contributed by atoms with E-state index in [0.29, 0.717) is 18.2 Å². The quantitative estimate of drug-likeness (QED) is 0.863. The third-order valence-electron chi connectivity index (χ3n) is 3.70. The molecule has 20 heavy (non-hydrogen) atoms. The van der Waals surface area contributed by atoms with Crippen LogP contribution in [-0.4, -0.2) is 18.0 Å². The second kappa shape index (κ2) is 7.18. The summed E-state index contributed by atoms with van der Waals surface area (Å²) in [5, 5.41) is 6.10. The molecule has 1 saturated carbocycles. The van der Waals surface area contributed by atoms with Crippen molar-refractivity contribution in [2.45, 2.75) is 51.2 Å². The second-order valence-electron chi connectivity index (χ2n) is 5.33. The number of carbonyl (C=O) groups is 1. The predicted octanol–water partition coefficient (Wildman–Crippen LogP) is 3.13. The molecule has 2 N–H and O–H groups in total. The van der Waals surface area contributed by atoms with Crippen molar-refractivity contribution in [3.8, 4) is 0 Å². The number of benzene rings is 1. The van der Waals surface area contributed by atoms with Crippen molar-refractivity contribution in [3.63, 3.8) is 0 Å². The largest absolute Gasteiger partial charge is 0.352 e. The first-order valence-corrected chi connectivity index (χ1v) is 7.83. The van der Waals surface area contributed by atoms with Crippen LogP contribution >= 0.6 is 15.9 Å². The number of amides is 1. The molecule has 1 fully saturated rings. The van der Waals surface area contributed by atoms with Gasteiger partial charge >= 0.3 is 0 Å². The minimum Gasteiger partial charge on any atom is -0.352 e. The van der Waals surface area contributed by atoms with Crippen LogP contribution in [0.25, 0.3) is 0 Å². The minimum absolute atomic E-state index is 0.00713. The molecule has 0 radical (unpaired) electrons. The van der Waals surface area contributed by atoms with E-state index in [4.69, 9.17) is 0 Å². The fourth-order valence-electron chi connectivity index (χ4n) is 2.43. The molecule has 1 aliphatic carbocycles. The Balaban J connectivity index is 1.83. The maximum Gasteiger partial charge on any atom is 0.237 e. The molecule has 0 bridgehead atoms. The zero-order valence-electron chi connectivity index (χ0n) is 11.6. The molecule has 0 aliphatic heterocycles. The zero-order chi connectivity index (χ0) is 14.5. The molecule has 1 atom stereocenters. The van der Waals surface area contributed by atoms with E-state index in [9.17, 15) is 9.18 Å². The van der Waals surface area contributed by atoms with E-state index < -0.39 is 0 Å². The Hall–Kier alpha value is -0.940. The number of nitrogens with one attached hydrogen (secondary N) is 2. The van der Waals surface area contributed by atoms with E-state index >= 15 is 0 Å². The molecular weight excluding hydrogens is 323 g/mol. The number of rotatable bonds is 5. The Morgan fingerprint density at radius 1 is 1.45 bits per heavy atom. The molecule has 3 nitrogen and oxygen atoms in total. The molecular formula is C15H20BrFN2O. The molecule has 0 heterocycles. The van der Waals surface area contributed by atoms with Gasteiger partial charge in [-0.1, -0.05) is 28.8 Å². The van der Waals surface area contributed by atoms with E-state index in [-0.39, 0.29) is 17.8 Å². The fraction of sp³-hybridized carbons (Fsp3) is 0.533. The molecule has 110 valence electrons. The minimum atomic E-state index is -0.325. The summed E-state index contributed by atoms with van der Waals surface area (Å²) in [5.41, 5.74) is 0.555. The predicted molar refractivity (Wildman–Crippen MR) is 80.8 cm³/mol. The summed E-state index contributed by atoms with van der Waals surface area (Å²) in [4.78, 5) is 12.0. The Morgan fingerprint density at radius 2 is 2.15 bits per heavy atom. The Labute approximate surface area is 127 Å². The lowest BCUT2D eigenvalue weighted by molar-refractivity contribution is -0.123. The summed E-state index contributed by atoms with van der Waals surface area (Å²) >= 11 is 3.32. The van der Waals surface area contributed by atoms with Crippen molar-refractivity contribution in [2.75, 3.05) is 0 Å². The topological polar surface area (TPSA) is 41.1 Å². The van der Waals surface area contributed by atoms with Crippen molar-refractivity contribution >= 4 is 21.8 Å². The van der Waals surface area contributed by atoms with Crippen molar-refractivity contribution in [1.29, 1.82) is 0 Å². The molecule has 1 aromatic rings. The Kier molecular flexibility index (Phi) is 5.54. The van der Waals surface area contributed by atoms with Crippen LogP contribution in [0.5, 0.6) is 0 Å². The van der Waals surface area contributed by atoms with Gasteiger partial charge in [0.05, 0.1) is 6.04 Å². The lowest BCUT2D eigenvalue weighted by Crippen LogP contribution is -2.45. The first-order chi connectivity index (χ1) is 9.56. The van der Waals surface area contributed by atoms with Gasteiger partial charge in [-0.2, -0.15) is 0 Å². The molecule has 1 amide bonds.